The Bertz CT molecular complexity index is 267. The van der Waals surface area contributed by atoms with Gasteiger partial charge in [0.05, 0.1) is 12.7 Å². The second-order valence-corrected chi connectivity index (χ2v) is 3.88. The molecule has 0 radical (unpaired) electrons. The van der Waals surface area contributed by atoms with Crippen molar-refractivity contribution in [3.05, 3.63) is 35.9 Å². The number of ether oxygens (including phenoxy) is 1. The van der Waals surface area contributed by atoms with Crippen LogP contribution in [-0.4, -0.2) is 19.2 Å². The van der Waals surface area contributed by atoms with E-state index in [1.165, 1.54) is 5.56 Å². The molecule has 0 atom stereocenters. The highest BCUT2D eigenvalue weighted by molar-refractivity contribution is 5.13. The molecule has 1 aromatic rings. The fourth-order valence-electron chi connectivity index (χ4n) is 1.73. The van der Waals surface area contributed by atoms with Gasteiger partial charge in [0.2, 0.25) is 0 Å². The van der Waals surface area contributed by atoms with Gasteiger partial charge in [0.15, 0.2) is 0 Å². The summed E-state index contributed by atoms with van der Waals surface area (Å²) in [5, 5.41) is 3.25. The summed E-state index contributed by atoms with van der Waals surface area (Å²) in [7, 11) is 2.01. The number of hydrogen-bond acceptors (Lipinski definition) is 2. The summed E-state index contributed by atoms with van der Waals surface area (Å²) in [4.78, 5) is 0. The molecule has 0 amide bonds. The maximum atomic E-state index is 5.76. The summed E-state index contributed by atoms with van der Waals surface area (Å²) in [6.07, 6.45) is 2.78. The lowest BCUT2D eigenvalue weighted by Crippen LogP contribution is -2.43. The van der Waals surface area contributed by atoms with Gasteiger partial charge in [0.1, 0.15) is 0 Å². The molecule has 1 aliphatic carbocycles. The van der Waals surface area contributed by atoms with Crippen molar-refractivity contribution in [3.63, 3.8) is 0 Å². The molecule has 14 heavy (non-hydrogen) atoms. The van der Waals surface area contributed by atoms with Gasteiger partial charge in [-0.1, -0.05) is 30.3 Å². The summed E-state index contributed by atoms with van der Waals surface area (Å²) in [5.74, 6) is 0. The van der Waals surface area contributed by atoms with E-state index in [0.29, 0.717) is 12.1 Å². The zero-order chi connectivity index (χ0) is 9.80. The van der Waals surface area contributed by atoms with Crippen LogP contribution in [0.4, 0.5) is 0 Å². The Hall–Kier alpha value is -0.860. The second kappa shape index (κ2) is 4.58. The van der Waals surface area contributed by atoms with Crippen LogP contribution in [0.25, 0.3) is 0 Å². The van der Waals surface area contributed by atoms with Gasteiger partial charge >= 0.3 is 0 Å². The largest absolute Gasteiger partial charge is 0.373 e. The van der Waals surface area contributed by atoms with Gasteiger partial charge in [0.25, 0.3) is 0 Å². The molecule has 0 spiro atoms. The minimum Gasteiger partial charge on any atom is -0.373 e. The Kier molecular flexibility index (Phi) is 3.17. The van der Waals surface area contributed by atoms with Crippen LogP contribution in [-0.2, 0) is 11.3 Å². The van der Waals surface area contributed by atoms with Gasteiger partial charge in [-0.25, -0.2) is 0 Å². The SMILES string of the molecule is CNC1CC(OCc2ccccc2)C1. The van der Waals surface area contributed by atoms with Gasteiger partial charge in [-0.2, -0.15) is 0 Å². The van der Waals surface area contributed by atoms with Gasteiger partial charge < -0.3 is 10.1 Å². The quantitative estimate of drug-likeness (QED) is 0.785. The highest BCUT2D eigenvalue weighted by Gasteiger charge is 2.28. The predicted octanol–water partition coefficient (Wildman–Crippen LogP) is 1.95. The lowest BCUT2D eigenvalue weighted by Gasteiger charge is -2.34. The molecule has 1 aliphatic rings. The molecule has 1 fully saturated rings. The van der Waals surface area contributed by atoms with E-state index < -0.39 is 0 Å². The van der Waals surface area contributed by atoms with E-state index in [1.807, 2.05) is 13.1 Å². The molecule has 1 saturated carbocycles. The fourth-order valence-corrected chi connectivity index (χ4v) is 1.73. The Balaban J connectivity index is 1.69. The summed E-state index contributed by atoms with van der Waals surface area (Å²) in [5.41, 5.74) is 1.26. The van der Waals surface area contributed by atoms with Crippen molar-refractivity contribution in [2.24, 2.45) is 0 Å². The number of nitrogens with one attached hydrogen (secondary N) is 1. The van der Waals surface area contributed by atoms with Crippen molar-refractivity contribution in [2.45, 2.75) is 31.6 Å². The molecule has 76 valence electrons. The van der Waals surface area contributed by atoms with E-state index in [1.54, 1.807) is 0 Å². The third-order valence-corrected chi connectivity index (χ3v) is 2.83. The Morgan fingerprint density at radius 2 is 2.00 bits per heavy atom. The minimum absolute atomic E-state index is 0.465. The summed E-state index contributed by atoms with van der Waals surface area (Å²) in [6, 6.07) is 11.0. The molecular formula is C12H17NO. The van der Waals surface area contributed by atoms with E-state index in [4.69, 9.17) is 4.74 Å². The van der Waals surface area contributed by atoms with E-state index in [0.717, 1.165) is 19.4 Å². The molecule has 0 bridgehead atoms. The topological polar surface area (TPSA) is 21.3 Å². The van der Waals surface area contributed by atoms with Crippen LogP contribution >= 0.6 is 0 Å². The number of rotatable bonds is 4. The highest BCUT2D eigenvalue weighted by atomic mass is 16.5. The average Bonchev–Trinajstić information content (AvgIpc) is 2.17. The smallest absolute Gasteiger partial charge is 0.0720 e. The van der Waals surface area contributed by atoms with Gasteiger partial charge in [0, 0.05) is 6.04 Å². The zero-order valence-electron chi connectivity index (χ0n) is 8.57. The van der Waals surface area contributed by atoms with Crippen LogP contribution in [0, 0.1) is 0 Å². The molecule has 0 heterocycles. The van der Waals surface area contributed by atoms with Crippen molar-refractivity contribution in [2.75, 3.05) is 7.05 Å². The van der Waals surface area contributed by atoms with Gasteiger partial charge in [-0.15, -0.1) is 0 Å². The van der Waals surface area contributed by atoms with Crippen molar-refractivity contribution < 1.29 is 4.74 Å². The molecule has 0 unspecified atom stereocenters. The molecule has 1 aromatic carbocycles. The zero-order valence-corrected chi connectivity index (χ0v) is 8.57. The summed E-state index contributed by atoms with van der Waals surface area (Å²) in [6.45, 7) is 0.752. The van der Waals surface area contributed by atoms with Crippen LogP contribution in [0.15, 0.2) is 30.3 Å². The first-order valence-corrected chi connectivity index (χ1v) is 5.21. The fraction of sp³-hybridized carbons (Fsp3) is 0.500. The predicted molar refractivity (Wildman–Crippen MR) is 57.1 cm³/mol. The van der Waals surface area contributed by atoms with Crippen molar-refractivity contribution in [3.8, 4) is 0 Å². The maximum absolute atomic E-state index is 5.76. The van der Waals surface area contributed by atoms with Crippen LogP contribution in [0.2, 0.25) is 0 Å². The first-order chi connectivity index (χ1) is 6.88. The monoisotopic (exact) mass is 191 g/mol. The van der Waals surface area contributed by atoms with Crippen LogP contribution in [0.1, 0.15) is 18.4 Å². The van der Waals surface area contributed by atoms with Crippen molar-refractivity contribution >= 4 is 0 Å². The van der Waals surface area contributed by atoms with E-state index >= 15 is 0 Å². The Labute approximate surface area is 85.3 Å². The van der Waals surface area contributed by atoms with Crippen molar-refractivity contribution in [1.82, 2.24) is 5.32 Å². The van der Waals surface area contributed by atoms with Crippen LogP contribution < -0.4 is 5.32 Å². The van der Waals surface area contributed by atoms with E-state index in [9.17, 15) is 0 Å². The summed E-state index contributed by atoms with van der Waals surface area (Å²) < 4.78 is 5.76. The number of hydrogen-bond donors (Lipinski definition) is 1. The standard InChI is InChI=1S/C12H17NO/c1-13-11-7-12(8-11)14-9-10-5-3-2-4-6-10/h2-6,11-13H,7-9H2,1H3. The minimum atomic E-state index is 0.465. The third-order valence-electron chi connectivity index (χ3n) is 2.83. The molecule has 0 aromatic heterocycles. The molecule has 0 saturated heterocycles. The van der Waals surface area contributed by atoms with Gasteiger partial charge in [-0.05, 0) is 25.5 Å². The Morgan fingerprint density at radius 3 is 2.64 bits per heavy atom. The summed E-state index contributed by atoms with van der Waals surface area (Å²) >= 11 is 0. The van der Waals surface area contributed by atoms with E-state index in [2.05, 4.69) is 29.6 Å². The number of benzene rings is 1. The molecule has 1 N–H and O–H groups in total. The highest BCUT2D eigenvalue weighted by Crippen LogP contribution is 2.23. The molecule has 0 aliphatic heterocycles. The molecule has 2 heteroatoms. The average molecular weight is 191 g/mol. The maximum Gasteiger partial charge on any atom is 0.0720 e. The van der Waals surface area contributed by atoms with Gasteiger partial charge in [-0.3, -0.25) is 0 Å². The first kappa shape index (κ1) is 9.69. The molecule has 2 rings (SSSR count). The second-order valence-electron chi connectivity index (χ2n) is 3.88. The Morgan fingerprint density at radius 1 is 1.29 bits per heavy atom. The lowest BCUT2D eigenvalue weighted by molar-refractivity contribution is -0.0250. The normalized spacial score (nSPS) is 25.8. The van der Waals surface area contributed by atoms with Crippen molar-refractivity contribution in [1.29, 1.82) is 0 Å². The van der Waals surface area contributed by atoms with Crippen LogP contribution in [0.3, 0.4) is 0 Å². The molecule has 2 nitrogen and oxygen atoms in total. The lowest BCUT2D eigenvalue weighted by atomic mass is 9.89. The van der Waals surface area contributed by atoms with Crippen LogP contribution in [0.5, 0.6) is 0 Å². The first-order valence-electron chi connectivity index (χ1n) is 5.21. The molecular weight excluding hydrogens is 174 g/mol. The third kappa shape index (κ3) is 2.34. The van der Waals surface area contributed by atoms with E-state index in [-0.39, 0.29) is 0 Å².